The van der Waals surface area contributed by atoms with E-state index in [2.05, 4.69) is 11.6 Å². The fourth-order valence-corrected chi connectivity index (χ4v) is 3.00. The highest BCUT2D eigenvalue weighted by atomic mass is 35.5. The molecule has 128 valence electrons. The minimum absolute atomic E-state index is 0.223. The number of pyridine rings is 1. The van der Waals surface area contributed by atoms with Gasteiger partial charge in [-0.15, -0.1) is 0 Å². The molecule has 2 aromatic carbocycles. The molecule has 1 aromatic heterocycles. The summed E-state index contributed by atoms with van der Waals surface area (Å²) in [4.78, 5) is 4.46. The molecule has 2 nitrogen and oxygen atoms in total. The normalized spacial score (nSPS) is 10.9. The van der Waals surface area contributed by atoms with Gasteiger partial charge in [-0.25, -0.2) is 8.78 Å². The van der Waals surface area contributed by atoms with Gasteiger partial charge in [0.05, 0.1) is 22.8 Å². The first-order valence-electron chi connectivity index (χ1n) is 7.79. The number of aromatic nitrogens is 1. The lowest BCUT2D eigenvalue weighted by molar-refractivity contribution is 0.299. The third-order valence-corrected chi connectivity index (χ3v) is 4.39. The van der Waals surface area contributed by atoms with Gasteiger partial charge in [-0.3, -0.25) is 4.98 Å². The standard InChI is InChI=1S/C20H16ClF2NO/c1-4-25-12(3)13-5-8-18-16(9-13)19(20(21)11(2)24-18)15-7-6-14(22)10-17(15)23/h5-10H,3-4H2,1-2H3. The van der Waals surface area contributed by atoms with E-state index in [4.69, 9.17) is 16.3 Å². The first-order chi connectivity index (χ1) is 11.9. The van der Waals surface area contributed by atoms with Gasteiger partial charge in [0.2, 0.25) is 0 Å². The lowest BCUT2D eigenvalue weighted by atomic mass is 9.97. The summed E-state index contributed by atoms with van der Waals surface area (Å²) in [5.41, 5.74) is 2.69. The summed E-state index contributed by atoms with van der Waals surface area (Å²) in [5, 5.41) is 0.983. The van der Waals surface area contributed by atoms with E-state index in [0.29, 0.717) is 39.5 Å². The van der Waals surface area contributed by atoms with E-state index in [1.165, 1.54) is 12.1 Å². The Balaban J connectivity index is 2.33. The molecule has 0 atom stereocenters. The van der Waals surface area contributed by atoms with E-state index in [1.54, 1.807) is 6.92 Å². The van der Waals surface area contributed by atoms with Crippen LogP contribution in [0.15, 0.2) is 43.0 Å². The molecule has 0 aliphatic heterocycles. The van der Waals surface area contributed by atoms with E-state index < -0.39 is 11.6 Å². The fraction of sp³-hybridized carbons (Fsp3) is 0.150. The van der Waals surface area contributed by atoms with Gasteiger partial charge in [0.1, 0.15) is 17.4 Å². The predicted molar refractivity (Wildman–Crippen MR) is 97.5 cm³/mol. The van der Waals surface area contributed by atoms with Crippen molar-refractivity contribution >= 4 is 28.3 Å². The summed E-state index contributed by atoms with van der Waals surface area (Å²) in [6.07, 6.45) is 0. The molecule has 3 rings (SSSR count). The van der Waals surface area contributed by atoms with Crippen LogP contribution in [0, 0.1) is 18.6 Å². The van der Waals surface area contributed by atoms with E-state index in [9.17, 15) is 8.78 Å². The van der Waals surface area contributed by atoms with Gasteiger partial charge in [-0.2, -0.15) is 0 Å². The summed E-state index contributed by atoms with van der Waals surface area (Å²) in [7, 11) is 0. The van der Waals surface area contributed by atoms with Gasteiger partial charge >= 0.3 is 0 Å². The van der Waals surface area contributed by atoms with Crippen LogP contribution in [0.1, 0.15) is 18.2 Å². The predicted octanol–water partition coefficient (Wildman–Crippen LogP) is 6.15. The molecule has 0 amide bonds. The SMILES string of the molecule is C=C(OCC)c1ccc2nc(C)c(Cl)c(-c3ccc(F)cc3F)c2c1. The smallest absolute Gasteiger partial charge is 0.134 e. The van der Waals surface area contributed by atoms with Crippen molar-refractivity contribution in [1.29, 1.82) is 0 Å². The number of benzene rings is 2. The molecule has 0 radical (unpaired) electrons. The molecular weight excluding hydrogens is 344 g/mol. The van der Waals surface area contributed by atoms with Crippen LogP contribution in [0.4, 0.5) is 8.78 Å². The van der Waals surface area contributed by atoms with Gasteiger partial charge in [0, 0.05) is 28.1 Å². The Labute approximate surface area is 149 Å². The largest absolute Gasteiger partial charge is 0.494 e. The van der Waals surface area contributed by atoms with Gasteiger partial charge in [-0.1, -0.05) is 18.2 Å². The van der Waals surface area contributed by atoms with E-state index >= 15 is 0 Å². The third kappa shape index (κ3) is 3.22. The summed E-state index contributed by atoms with van der Waals surface area (Å²) in [6, 6.07) is 8.89. The zero-order chi connectivity index (χ0) is 18.1. The molecule has 0 saturated carbocycles. The highest BCUT2D eigenvalue weighted by molar-refractivity contribution is 6.35. The molecule has 0 unspecified atom stereocenters. The molecule has 0 spiro atoms. The van der Waals surface area contributed by atoms with E-state index in [1.807, 2.05) is 25.1 Å². The average Bonchev–Trinajstić information content (AvgIpc) is 2.57. The summed E-state index contributed by atoms with van der Waals surface area (Å²) in [6.45, 7) is 8.00. The Hall–Kier alpha value is -2.46. The number of fused-ring (bicyclic) bond motifs is 1. The van der Waals surface area contributed by atoms with Crippen molar-refractivity contribution in [2.75, 3.05) is 6.61 Å². The second-order valence-electron chi connectivity index (χ2n) is 5.60. The molecule has 0 saturated heterocycles. The number of ether oxygens (including phenoxy) is 1. The summed E-state index contributed by atoms with van der Waals surface area (Å²) < 4.78 is 33.1. The lowest BCUT2D eigenvalue weighted by Gasteiger charge is -2.14. The van der Waals surface area contributed by atoms with Crippen molar-refractivity contribution in [2.24, 2.45) is 0 Å². The summed E-state index contributed by atoms with van der Waals surface area (Å²) in [5.74, 6) is -0.813. The van der Waals surface area contributed by atoms with Crippen LogP contribution in [-0.2, 0) is 4.74 Å². The highest BCUT2D eigenvalue weighted by Gasteiger charge is 2.17. The molecule has 25 heavy (non-hydrogen) atoms. The molecule has 0 bridgehead atoms. The Bertz CT molecular complexity index is 985. The van der Waals surface area contributed by atoms with Crippen molar-refractivity contribution in [1.82, 2.24) is 4.98 Å². The average molecular weight is 360 g/mol. The Kier molecular flexibility index (Phi) is 4.73. The topological polar surface area (TPSA) is 22.1 Å². The van der Waals surface area contributed by atoms with Crippen molar-refractivity contribution in [3.8, 4) is 11.1 Å². The molecule has 1 heterocycles. The molecular formula is C20H16ClF2NO. The molecule has 0 aliphatic carbocycles. The minimum atomic E-state index is -0.678. The first kappa shape index (κ1) is 17.4. The molecule has 0 fully saturated rings. The van der Waals surface area contributed by atoms with Crippen molar-refractivity contribution in [2.45, 2.75) is 13.8 Å². The van der Waals surface area contributed by atoms with Crippen LogP contribution in [0.2, 0.25) is 5.02 Å². The monoisotopic (exact) mass is 359 g/mol. The molecule has 0 N–H and O–H groups in total. The van der Waals surface area contributed by atoms with Crippen molar-refractivity contribution < 1.29 is 13.5 Å². The zero-order valence-corrected chi connectivity index (χ0v) is 14.6. The lowest BCUT2D eigenvalue weighted by Crippen LogP contribution is -1.96. The van der Waals surface area contributed by atoms with Crippen LogP contribution < -0.4 is 0 Å². The Morgan fingerprint density at radius 3 is 2.64 bits per heavy atom. The number of hydrogen-bond donors (Lipinski definition) is 0. The van der Waals surface area contributed by atoms with Crippen molar-refractivity contribution in [3.05, 3.63) is 70.9 Å². The number of nitrogens with zero attached hydrogens (tertiary/aromatic N) is 1. The maximum Gasteiger partial charge on any atom is 0.134 e. The number of halogens is 3. The van der Waals surface area contributed by atoms with Crippen LogP contribution >= 0.6 is 11.6 Å². The number of hydrogen-bond acceptors (Lipinski definition) is 2. The molecule has 5 heteroatoms. The summed E-state index contributed by atoms with van der Waals surface area (Å²) >= 11 is 6.43. The molecule has 3 aromatic rings. The quantitative estimate of drug-likeness (QED) is 0.521. The van der Waals surface area contributed by atoms with E-state index in [0.717, 1.165) is 11.6 Å². The second kappa shape index (κ2) is 6.81. The first-order valence-corrected chi connectivity index (χ1v) is 8.17. The number of aryl methyl sites for hydroxylation is 1. The Morgan fingerprint density at radius 2 is 1.96 bits per heavy atom. The third-order valence-electron chi connectivity index (χ3n) is 3.93. The van der Waals surface area contributed by atoms with Gasteiger partial charge < -0.3 is 4.74 Å². The minimum Gasteiger partial charge on any atom is -0.494 e. The Morgan fingerprint density at radius 1 is 1.20 bits per heavy atom. The van der Waals surface area contributed by atoms with Crippen LogP contribution in [-0.4, -0.2) is 11.6 Å². The van der Waals surface area contributed by atoms with Crippen LogP contribution in [0.5, 0.6) is 0 Å². The van der Waals surface area contributed by atoms with Crippen molar-refractivity contribution in [3.63, 3.8) is 0 Å². The van der Waals surface area contributed by atoms with E-state index in [-0.39, 0.29) is 5.56 Å². The van der Waals surface area contributed by atoms with Gasteiger partial charge in [0.15, 0.2) is 0 Å². The fourth-order valence-electron chi connectivity index (χ4n) is 2.75. The zero-order valence-electron chi connectivity index (χ0n) is 13.9. The van der Waals surface area contributed by atoms with Crippen LogP contribution in [0.25, 0.3) is 27.8 Å². The molecule has 0 aliphatic rings. The maximum atomic E-state index is 14.4. The van der Waals surface area contributed by atoms with Gasteiger partial charge in [0.25, 0.3) is 0 Å². The maximum absolute atomic E-state index is 14.4. The highest BCUT2D eigenvalue weighted by Crippen LogP contribution is 2.38. The second-order valence-corrected chi connectivity index (χ2v) is 5.98. The van der Waals surface area contributed by atoms with Gasteiger partial charge in [-0.05, 0) is 44.2 Å². The van der Waals surface area contributed by atoms with Crippen LogP contribution in [0.3, 0.4) is 0 Å². The number of rotatable bonds is 4.